The molecule has 3 aliphatic heterocycles. The van der Waals surface area contributed by atoms with Crippen molar-refractivity contribution in [2.24, 2.45) is 5.92 Å². The maximum atomic E-state index is 12.5. The Labute approximate surface area is 156 Å². The van der Waals surface area contributed by atoms with Crippen LogP contribution >= 0.6 is 0 Å². The lowest BCUT2D eigenvalue weighted by Gasteiger charge is -2.38. The van der Waals surface area contributed by atoms with Gasteiger partial charge in [0.25, 0.3) is 5.91 Å². The zero-order valence-electron chi connectivity index (χ0n) is 16.4. The van der Waals surface area contributed by atoms with Crippen LogP contribution in [0.2, 0.25) is 0 Å². The van der Waals surface area contributed by atoms with E-state index in [1.807, 2.05) is 9.80 Å². The number of likely N-dealkylation sites (tertiary alicyclic amines) is 1. The van der Waals surface area contributed by atoms with E-state index in [0.29, 0.717) is 38.7 Å². The number of carbonyl (C=O) groups excluding carboxylic acids is 2. The summed E-state index contributed by atoms with van der Waals surface area (Å²) in [6.45, 7) is 9.59. The van der Waals surface area contributed by atoms with E-state index < -0.39 is 5.60 Å². The SMILES string of the molecule is CC(C)CN(C)CCN1CC2(CCN(C(=O)[C@H]3CCCO3)CC2)OC1=O. The number of hydrogen-bond donors (Lipinski definition) is 0. The van der Waals surface area contributed by atoms with Crippen LogP contribution in [0.1, 0.15) is 39.5 Å². The van der Waals surface area contributed by atoms with E-state index in [1.165, 1.54) is 0 Å². The van der Waals surface area contributed by atoms with Gasteiger partial charge in [-0.25, -0.2) is 4.79 Å². The second-order valence-electron chi connectivity index (χ2n) is 8.46. The highest BCUT2D eigenvalue weighted by atomic mass is 16.6. The minimum Gasteiger partial charge on any atom is -0.441 e. The molecule has 3 rings (SSSR count). The molecule has 0 aromatic heterocycles. The number of amides is 2. The second kappa shape index (κ2) is 8.13. The zero-order chi connectivity index (χ0) is 18.7. The Kier molecular flexibility index (Phi) is 6.07. The van der Waals surface area contributed by atoms with E-state index in [0.717, 1.165) is 38.8 Å². The summed E-state index contributed by atoms with van der Waals surface area (Å²) in [6.07, 6.45) is 2.76. The number of carbonyl (C=O) groups is 2. The first-order valence-electron chi connectivity index (χ1n) is 9.95. The van der Waals surface area contributed by atoms with E-state index in [4.69, 9.17) is 9.47 Å². The molecule has 7 nitrogen and oxygen atoms in total. The Balaban J connectivity index is 1.47. The van der Waals surface area contributed by atoms with Crippen LogP contribution in [0.15, 0.2) is 0 Å². The van der Waals surface area contributed by atoms with Gasteiger partial charge in [0.05, 0.1) is 6.54 Å². The first-order valence-corrected chi connectivity index (χ1v) is 9.95. The van der Waals surface area contributed by atoms with E-state index >= 15 is 0 Å². The van der Waals surface area contributed by atoms with E-state index in [2.05, 4.69) is 25.8 Å². The molecule has 2 amide bonds. The normalized spacial score (nSPS) is 25.6. The molecule has 0 radical (unpaired) electrons. The van der Waals surface area contributed by atoms with E-state index in [1.54, 1.807) is 0 Å². The molecule has 0 aliphatic carbocycles. The Morgan fingerprint density at radius 3 is 2.69 bits per heavy atom. The average molecular weight is 367 g/mol. The standard InChI is InChI=1S/C19H33N3O4/c1-15(2)13-20(3)10-11-22-14-19(26-18(22)24)6-8-21(9-7-19)17(23)16-5-4-12-25-16/h15-16H,4-14H2,1-3H3/t16-/m1/s1. The van der Waals surface area contributed by atoms with Crippen LogP contribution in [-0.2, 0) is 14.3 Å². The molecular formula is C19H33N3O4. The monoisotopic (exact) mass is 367 g/mol. The Morgan fingerprint density at radius 2 is 2.08 bits per heavy atom. The van der Waals surface area contributed by atoms with Crippen molar-refractivity contribution in [3.8, 4) is 0 Å². The maximum Gasteiger partial charge on any atom is 0.410 e. The van der Waals surface area contributed by atoms with Crippen molar-refractivity contribution in [2.75, 3.05) is 52.9 Å². The summed E-state index contributed by atoms with van der Waals surface area (Å²) in [5.74, 6) is 0.719. The van der Waals surface area contributed by atoms with Gasteiger partial charge in [-0.05, 0) is 25.8 Å². The smallest absolute Gasteiger partial charge is 0.410 e. The molecule has 0 saturated carbocycles. The molecule has 7 heteroatoms. The third kappa shape index (κ3) is 4.49. The van der Waals surface area contributed by atoms with Gasteiger partial charge in [-0.1, -0.05) is 13.8 Å². The number of nitrogens with zero attached hydrogens (tertiary/aromatic N) is 3. The molecule has 26 heavy (non-hydrogen) atoms. The Hall–Kier alpha value is -1.34. The lowest BCUT2D eigenvalue weighted by atomic mass is 9.91. The summed E-state index contributed by atoms with van der Waals surface area (Å²) < 4.78 is 11.3. The molecule has 3 saturated heterocycles. The third-order valence-corrected chi connectivity index (χ3v) is 5.66. The largest absolute Gasteiger partial charge is 0.441 e. The fraction of sp³-hybridized carbons (Fsp3) is 0.895. The lowest BCUT2D eigenvalue weighted by molar-refractivity contribution is -0.144. The van der Waals surface area contributed by atoms with Crippen LogP contribution in [0, 0.1) is 5.92 Å². The van der Waals surface area contributed by atoms with Gasteiger partial charge in [-0.2, -0.15) is 0 Å². The minimum atomic E-state index is -0.416. The van der Waals surface area contributed by atoms with Crippen LogP contribution in [0.25, 0.3) is 0 Å². The molecule has 3 heterocycles. The van der Waals surface area contributed by atoms with Crippen molar-refractivity contribution in [3.05, 3.63) is 0 Å². The summed E-state index contributed by atoms with van der Waals surface area (Å²) in [7, 11) is 2.09. The number of hydrogen-bond acceptors (Lipinski definition) is 5. The van der Waals surface area contributed by atoms with Crippen molar-refractivity contribution >= 4 is 12.0 Å². The Morgan fingerprint density at radius 1 is 1.35 bits per heavy atom. The first-order chi connectivity index (χ1) is 12.4. The lowest BCUT2D eigenvalue weighted by Crippen LogP contribution is -2.51. The summed E-state index contributed by atoms with van der Waals surface area (Å²) in [4.78, 5) is 30.7. The molecule has 0 bridgehead atoms. The highest BCUT2D eigenvalue weighted by Gasteiger charge is 2.47. The van der Waals surface area contributed by atoms with Gasteiger partial charge in [0.2, 0.25) is 0 Å². The average Bonchev–Trinajstić information content (AvgIpc) is 3.21. The van der Waals surface area contributed by atoms with Gasteiger partial charge in [0.1, 0.15) is 11.7 Å². The summed E-state index contributed by atoms with van der Waals surface area (Å²) >= 11 is 0. The predicted molar refractivity (Wildman–Crippen MR) is 97.9 cm³/mol. The topological polar surface area (TPSA) is 62.3 Å². The second-order valence-corrected chi connectivity index (χ2v) is 8.46. The van der Waals surface area contributed by atoms with Crippen molar-refractivity contribution < 1.29 is 19.1 Å². The zero-order valence-corrected chi connectivity index (χ0v) is 16.4. The van der Waals surface area contributed by atoms with Crippen molar-refractivity contribution in [1.82, 2.24) is 14.7 Å². The fourth-order valence-electron chi connectivity index (χ4n) is 4.24. The molecule has 0 aromatic rings. The molecule has 0 unspecified atom stereocenters. The highest BCUT2D eigenvalue weighted by Crippen LogP contribution is 2.33. The molecule has 0 N–H and O–H groups in total. The number of likely N-dealkylation sites (N-methyl/N-ethyl adjacent to an activating group) is 1. The molecule has 3 aliphatic rings. The fourth-order valence-corrected chi connectivity index (χ4v) is 4.24. The van der Waals surface area contributed by atoms with Crippen LogP contribution in [0.3, 0.4) is 0 Å². The Bertz CT molecular complexity index is 511. The van der Waals surface area contributed by atoms with Crippen LogP contribution in [-0.4, -0.2) is 91.3 Å². The van der Waals surface area contributed by atoms with Crippen LogP contribution in [0.4, 0.5) is 4.79 Å². The molecule has 0 aromatic carbocycles. The molecule has 3 fully saturated rings. The number of ether oxygens (including phenoxy) is 2. The van der Waals surface area contributed by atoms with E-state index in [9.17, 15) is 9.59 Å². The van der Waals surface area contributed by atoms with Gasteiger partial charge in [-0.15, -0.1) is 0 Å². The van der Waals surface area contributed by atoms with Crippen molar-refractivity contribution in [3.63, 3.8) is 0 Å². The van der Waals surface area contributed by atoms with E-state index in [-0.39, 0.29) is 18.1 Å². The number of piperidine rings is 1. The van der Waals surface area contributed by atoms with Gasteiger partial charge in [0, 0.05) is 52.2 Å². The van der Waals surface area contributed by atoms with Gasteiger partial charge in [-0.3, -0.25) is 4.79 Å². The van der Waals surface area contributed by atoms with Gasteiger partial charge < -0.3 is 24.2 Å². The summed E-state index contributed by atoms with van der Waals surface area (Å²) in [6, 6.07) is 0. The quantitative estimate of drug-likeness (QED) is 0.713. The minimum absolute atomic E-state index is 0.105. The highest BCUT2D eigenvalue weighted by molar-refractivity contribution is 5.81. The van der Waals surface area contributed by atoms with Gasteiger partial charge >= 0.3 is 6.09 Å². The predicted octanol–water partition coefficient (Wildman–Crippen LogP) is 1.57. The molecule has 1 atom stereocenters. The van der Waals surface area contributed by atoms with Crippen LogP contribution in [0.5, 0.6) is 0 Å². The summed E-state index contributed by atoms with van der Waals surface area (Å²) in [5, 5.41) is 0. The maximum absolute atomic E-state index is 12.5. The molecule has 1 spiro atoms. The number of rotatable bonds is 6. The van der Waals surface area contributed by atoms with Crippen LogP contribution < -0.4 is 0 Å². The first kappa shape index (κ1) is 19.4. The third-order valence-electron chi connectivity index (χ3n) is 5.66. The van der Waals surface area contributed by atoms with Crippen molar-refractivity contribution in [2.45, 2.75) is 51.2 Å². The molecular weight excluding hydrogens is 334 g/mol. The van der Waals surface area contributed by atoms with Gasteiger partial charge in [0.15, 0.2) is 0 Å². The summed E-state index contributed by atoms with van der Waals surface area (Å²) in [5.41, 5.74) is -0.416. The molecule has 148 valence electrons. The van der Waals surface area contributed by atoms with Crippen molar-refractivity contribution in [1.29, 1.82) is 0 Å².